The molecule has 0 aliphatic carbocycles. The first-order valence-electron chi connectivity index (χ1n) is 8.43. The number of aryl methyl sites for hydroxylation is 1. The molecule has 7 heteroatoms. The third-order valence-electron chi connectivity index (χ3n) is 3.96. The largest absolute Gasteiger partial charge is 0.302 e. The first-order valence-corrected chi connectivity index (χ1v) is 11.1. The van der Waals surface area contributed by atoms with Crippen LogP contribution in [-0.2, 0) is 17.6 Å². The summed E-state index contributed by atoms with van der Waals surface area (Å²) in [6.45, 7) is 2.08. The fourth-order valence-electron chi connectivity index (χ4n) is 2.59. The second kappa shape index (κ2) is 8.12. The smallest absolute Gasteiger partial charge is 0.232 e. The molecule has 0 saturated heterocycles. The minimum Gasteiger partial charge on any atom is -0.302 e. The van der Waals surface area contributed by atoms with E-state index in [0.717, 1.165) is 27.6 Å². The van der Waals surface area contributed by atoms with Gasteiger partial charge in [0, 0.05) is 33.8 Å². The summed E-state index contributed by atoms with van der Waals surface area (Å²) >= 11 is 4.72. The molecule has 0 radical (unpaired) electrons. The Bertz CT molecular complexity index is 1030. The number of nitrogens with zero attached hydrogens (tertiary/aromatic N) is 2. The Hall–Kier alpha value is -2.35. The van der Waals surface area contributed by atoms with Gasteiger partial charge in [-0.2, -0.15) is 11.3 Å². The average molecular weight is 412 g/mol. The number of thiazole rings is 2. The van der Waals surface area contributed by atoms with Crippen LogP contribution in [0.4, 0.5) is 5.13 Å². The summed E-state index contributed by atoms with van der Waals surface area (Å²) in [5, 5.41) is 10.5. The van der Waals surface area contributed by atoms with Crippen molar-refractivity contribution in [3.8, 4) is 10.6 Å². The quantitative estimate of drug-likeness (QED) is 0.462. The highest BCUT2D eigenvalue weighted by Gasteiger charge is 2.11. The van der Waals surface area contributed by atoms with E-state index in [1.807, 2.05) is 23.0 Å². The van der Waals surface area contributed by atoms with Crippen molar-refractivity contribution in [3.63, 3.8) is 0 Å². The van der Waals surface area contributed by atoms with Crippen molar-refractivity contribution >= 4 is 45.0 Å². The zero-order chi connectivity index (χ0) is 18.6. The van der Waals surface area contributed by atoms with Crippen molar-refractivity contribution in [2.24, 2.45) is 0 Å². The molecule has 1 aromatic carbocycles. The van der Waals surface area contributed by atoms with Gasteiger partial charge in [-0.15, -0.1) is 22.7 Å². The van der Waals surface area contributed by atoms with Crippen LogP contribution >= 0.6 is 34.0 Å². The Balaban J connectivity index is 1.34. The van der Waals surface area contributed by atoms with Crippen LogP contribution in [0.2, 0.25) is 0 Å². The van der Waals surface area contributed by atoms with Gasteiger partial charge in [0.2, 0.25) is 5.91 Å². The normalized spacial score (nSPS) is 10.9. The van der Waals surface area contributed by atoms with Crippen molar-refractivity contribution in [1.82, 2.24) is 9.97 Å². The Labute approximate surface area is 169 Å². The second-order valence-corrected chi connectivity index (χ2v) is 8.93. The molecular weight excluding hydrogens is 394 g/mol. The van der Waals surface area contributed by atoms with Crippen LogP contribution in [-0.4, -0.2) is 15.9 Å². The third-order valence-corrected chi connectivity index (χ3v) is 6.50. The van der Waals surface area contributed by atoms with E-state index >= 15 is 0 Å². The van der Waals surface area contributed by atoms with E-state index in [9.17, 15) is 4.79 Å². The highest BCUT2D eigenvalue weighted by molar-refractivity contribution is 7.15. The van der Waals surface area contributed by atoms with Gasteiger partial charge in [0.05, 0.1) is 12.1 Å². The molecule has 136 valence electrons. The number of hydrogen-bond donors (Lipinski definition) is 1. The first-order chi connectivity index (χ1) is 13.2. The number of aromatic nitrogens is 2. The average Bonchev–Trinajstić information content (AvgIpc) is 3.39. The molecule has 1 N–H and O–H groups in total. The van der Waals surface area contributed by atoms with Crippen LogP contribution in [0.15, 0.2) is 52.7 Å². The SMILES string of the molecule is Cc1ccc(Cc2cnc(NC(=O)Cc3csc(-c4ccsc4)n3)s2)cc1. The minimum atomic E-state index is -0.0894. The Morgan fingerprint density at radius 3 is 2.78 bits per heavy atom. The molecule has 4 rings (SSSR count). The van der Waals surface area contributed by atoms with Crippen molar-refractivity contribution in [1.29, 1.82) is 0 Å². The van der Waals surface area contributed by atoms with Crippen LogP contribution in [0.1, 0.15) is 21.7 Å². The number of hydrogen-bond acceptors (Lipinski definition) is 6. The number of thiophene rings is 1. The lowest BCUT2D eigenvalue weighted by atomic mass is 10.1. The van der Waals surface area contributed by atoms with Gasteiger partial charge in [-0.3, -0.25) is 4.79 Å². The molecule has 0 fully saturated rings. The standard InChI is InChI=1S/C20H17N3OS3/c1-13-2-4-14(5-3-13)8-17-10-21-20(27-17)23-18(24)9-16-12-26-19(22-16)15-6-7-25-11-15/h2-7,10-12H,8-9H2,1H3,(H,21,23,24). The first kappa shape index (κ1) is 18.0. The number of carbonyl (C=O) groups is 1. The van der Waals surface area contributed by atoms with Crippen molar-refractivity contribution in [2.75, 3.05) is 5.32 Å². The lowest BCUT2D eigenvalue weighted by Gasteiger charge is -2.00. The lowest BCUT2D eigenvalue weighted by Crippen LogP contribution is -2.14. The number of carbonyl (C=O) groups excluding carboxylic acids is 1. The van der Waals surface area contributed by atoms with E-state index in [1.165, 1.54) is 22.5 Å². The zero-order valence-electron chi connectivity index (χ0n) is 14.6. The fraction of sp³-hybridized carbons (Fsp3) is 0.150. The molecule has 3 heterocycles. The van der Waals surface area contributed by atoms with Gasteiger partial charge in [-0.25, -0.2) is 9.97 Å². The van der Waals surface area contributed by atoms with E-state index in [4.69, 9.17) is 0 Å². The Morgan fingerprint density at radius 2 is 2.00 bits per heavy atom. The topological polar surface area (TPSA) is 54.9 Å². The second-order valence-electron chi connectivity index (χ2n) is 6.18. The maximum absolute atomic E-state index is 12.3. The van der Waals surface area contributed by atoms with Gasteiger partial charge in [-0.05, 0) is 23.9 Å². The highest BCUT2D eigenvalue weighted by atomic mass is 32.1. The Kier molecular flexibility index (Phi) is 5.42. The molecule has 27 heavy (non-hydrogen) atoms. The molecule has 4 nitrogen and oxygen atoms in total. The van der Waals surface area contributed by atoms with Crippen LogP contribution in [0, 0.1) is 6.92 Å². The molecule has 0 aliphatic heterocycles. The summed E-state index contributed by atoms with van der Waals surface area (Å²) in [6.07, 6.45) is 2.91. The van der Waals surface area contributed by atoms with Gasteiger partial charge in [0.25, 0.3) is 0 Å². The predicted octanol–water partition coefficient (Wildman–Crippen LogP) is 5.41. The zero-order valence-corrected chi connectivity index (χ0v) is 17.1. The molecule has 0 atom stereocenters. The predicted molar refractivity (Wildman–Crippen MR) is 114 cm³/mol. The monoisotopic (exact) mass is 411 g/mol. The van der Waals surface area contributed by atoms with Gasteiger partial charge in [0.15, 0.2) is 5.13 Å². The van der Waals surface area contributed by atoms with Gasteiger partial charge < -0.3 is 5.32 Å². The summed E-state index contributed by atoms with van der Waals surface area (Å²) in [5.74, 6) is -0.0894. The van der Waals surface area contributed by atoms with Crippen molar-refractivity contribution in [3.05, 3.63) is 74.4 Å². The summed E-state index contributed by atoms with van der Waals surface area (Å²) in [4.78, 5) is 22.3. The third kappa shape index (κ3) is 4.68. The molecule has 0 spiro atoms. The van der Waals surface area contributed by atoms with Crippen molar-refractivity contribution < 1.29 is 4.79 Å². The number of benzene rings is 1. The maximum Gasteiger partial charge on any atom is 0.232 e. The van der Waals surface area contributed by atoms with Crippen LogP contribution < -0.4 is 5.32 Å². The van der Waals surface area contributed by atoms with Gasteiger partial charge in [0.1, 0.15) is 5.01 Å². The molecule has 0 unspecified atom stereocenters. The Morgan fingerprint density at radius 1 is 1.15 bits per heavy atom. The maximum atomic E-state index is 12.3. The van der Waals surface area contributed by atoms with E-state index in [1.54, 1.807) is 22.7 Å². The van der Waals surface area contributed by atoms with Crippen LogP contribution in [0.5, 0.6) is 0 Å². The summed E-state index contributed by atoms with van der Waals surface area (Å²) in [7, 11) is 0. The van der Waals surface area contributed by atoms with E-state index < -0.39 is 0 Å². The number of nitrogens with one attached hydrogen (secondary N) is 1. The lowest BCUT2D eigenvalue weighted by molar-refractivity contribution is -0.115. The summed E-state index contributed by atoms with van der Waals surface area (Å²) < 4.78 is 0. The van der Waals surface area contributed by atoms with Crippen LogP contribution in [0.25, 0.3) is 10.6 Å². The molecule has 0 aliphatic rings. The van der Waals surface area contributed by atoms with Gasteiger partial charge in [-0.1, -0.05) is 29.8 Å². The van der Waals surface area contributed by atoms with E-state index in [0.29, 0.717) is 5.13 Å². The summed E-state index contributed by atoms with van der Waals surface area (Å²) in [6, 6.07) is 10.5. The molecule has 4 aromatic rings. The minimum absolute atomic E-state index is 0.0894. The highest BCUT2D eigenvalue weighted by Crippen LogP contribution is 2.26. The van der Waals surface area contributed by atoms with Gasteiger partial charge >= 0.3 is 0 Å². The van der Waals surface area contributed by atoms with E-state index in [2.05, 4.69) is 51.9 Å². The fourth-order valence-corrected chi connectivity index (χ4v) is 4.98. The molecule has 0 bridgehead atoms. The molecular formula is C20H17N3OS3. The van der Waals surface area contributed by atoms with Crippen LogP contribution in [0.3, 0.4) is 0 Å². The van der Waals surface area contributed by atoms with E-state index in [-0.39, 0.29) is 12.3 Å². The number of rotatable bonds is 6. The van der Waals surface area contributed by atoms with Crippen molar-refractivity contribution in [2.45, 2.75) is 19.8 Å². The number of anilines is 1. The summed E-state index contributed by atoms with van der Waals surface area (Å²) in [5.41, 5.74) is 4.39. The molecule has 3 aromatic heterocycles. The molecule has 0 saturated carbocycles. The molecule has 1 amide bonds. The number of amides is 1.